The van der Waals surface area contributed by atoms with Crippen LogP contribution < -0.4 is 0 Å². The Morgan fingerprint density at radius 1 is 1.00 bits per heavy atom. The molecule has 0 aliphatic heterocycles. The molecule has 0 aromatic heterocycles. The van der Waals surface area contributed by atoms with Gasteiger partial charge in [-0.1, -0.05) is 43.2 Å². The van der Waals surface area contributed by atoms with Crippen LogP contribution in [-0.4, -0.2) is 29.9 Å². The monoisotopic (exact) mass is 279 g/mol. The Morgan fingerprint density at radius 2 is 1.74 bits per heavy atom. The molecule has 0 spiro atoms. The number of aryl methyl sites for hydroxylation is 1. The third kappa shape index (κ3) is 5.16. The molecule has 0 radical (unpaired) electrons. The summed E-state index contributed by atoms with van der Waals surface area (Å²) in [4.78, 5) is 2.63. The van der Waals surface area contributed by atoms with E-state index in [0.717, 1.165) is 18.5 Å². The SMILES string of the molecule is ClCCN(CCCCc1ccccc1)C1CCCC1. The van der Waals surface area contributed by atoms with Crippen molar-refractivity contribution in [3.8, 4) is 0 Å². The normalized spacial score (nSPS) is 16.3. The van der Waals surface area contributed by atoms with Crippen molar-refractivity contribution in [2.45, 2.75) is 51.0 Å². The summed E-state index contributed by atoms with van der Waals surface area (Å²) >= 11 is 5.94. The Morgan fingerprint density at radius 3 is 2.42 bits per heavy atom. The lowest BCUT2D eigenvalue weighted by molar-refractivity contribution is 0.206. The number of hydrogen-bond donors (Lipinski definition) is 0. The van der Waals surface area contributed by atoms with Crippen molar-refractivity contribution in [1.29, 1.82) is 0 Å². The van der Waals surface area contributed by atoms with Crippen LogP contribution in [0, 0.1) is 0 Å². The number of hydrogen-bond acceptors (Lipinski definition) is 1. The fourth-order valence-corrected chi connectivity index (χ4v) is 3.36. The fraction of sp³-hybridized carbons (Fsp3) is 0.647. The molecule has 1 fully saturated rings. The van der Waals surface area contributed by atoms with Crippen LogP contribution in [0.1, 0.15) is 44.1 Å². The van der Waals surface area contributed by atoms with Crippen LogP contribution in [0.2, 0.25) is 0 Å². The standard InChI is InChI=1S/C17H26ClN/c18-13-15-19(17-11-4-5-12-17)14-7-6-10-16-8-2-1-3-9-16/h1-3,8-9,17H,4-7,10-15H2. The average Bonchev–Trinajstić information content (AvgIpc) is 2.97. The van der Waals surface area contributed by atoms with E-state index in [1.54, 1.807) is 0 Å². The van der Waals surface area contributed by atoms with Crippen LogP contribution in [0.25, 0.3) is 0 Å². The lowest BCUT2D eigenvalue weighted by atomic mass is 10.1. The summed E-state index contributed by atoms with van der Waals surface area (Å²) in [5, 5.41) is 0. The molecule has 0 amide bonds. The van der Waals surface area contributed by atoms with Gasteiger partial charge in [-0.3, -0.25) is 4.90 Å². The number of rotatable bonds is 8. The van der Waals surface area contributed by atoms with E-state index in [4.69, 9.17) is 11.6 Å². The Balaban J connectivity index is 1.67. The van der Waals surface area contributed by atoms with Crippen molar-refractivity contribution >= 4 is 11.6 Å². The zero-order valence-corrected chi connectivity index (χ0v) is 12.6. The Kier molecular flexibility index (Phi) is 6.73. The van der Waals surface area contributed by atoms with Crippen LogP contribution in [-0.2, 0) is 6.42 Å². The minimum atomic E-state index is 0.773. The largest absolute Gasteiger partial charge is 0.299 e. The molecule has 1 aromatic rings. The smallest absolute Gasteiger partial charge is 0.0351 e. The van der Waals surface area contributed by atoms with Crippen molar-refractivity contribution in [2.75, 3.05) is 19.0 Å². The lowest BCUT2D eigenvalue weighted by Gasteiger charge is -2.28. The second-order valence-corrected chi connectivity index (χ2v) is 5.98. The van der Waals surface area contributed by atoms with Crippen molar-refractivity contribution < 1.29 is 0 Å². The summed E-state index contributed by atoms with van der Waals surface area (Å²) in [7, 11) is 0. The lowest BCUT2D eigenvalue weighted by Crippen LogP contribution is -2.35. The molecule has 1 aliphatic rings. The molecule has 1 aromatic carbocycles. The van der Waals surface area contributed by atoms with Gasteiger partial charge in [0.25, 0.3) is 0 Å². The number of nitrogens with zero attached hydrogens (tertiary/aromatic N) is 1. The van der Waals surface area contributed by atoms with Gasteiger partial charge in [-0.2, -0.15) is 0 Å². The van der Waals surface area contributed by atoms with Crippen LogP contribution >= 0.6 is 11.6 Å². The van der Waals surface area contributed by atoms with E-state index in [1.165, 1.54) is 57.1 Å². The summed E-state index contributed by atoms with van der Waals surface area (Å²) < 4.78 is 0. The molecule has 0 heterocycles. The minimum absolute atomic E-state index is 0.773. The van der Waals surface area contributed by atoms with Crippen LogP contribution in [0.3, 0.4) is 0 Å². The van der Waals surface area contributed by atoms with Gasteiger partial charge in [-0.05, 0) is 44.2 Å². The second-order valence-electron chi connectivity index (χ2n) is 5.61. The van der Waals surface area contributed by atoms with Crippen molar-refractivity contribution in [2.24, 2.45) is 0 Å². The van der Waals surface area contributed by atoms with Gasteiger partial charge >= 0.3 is 0 Å². The fourth-order valence-electron chi connectivity index (χ4n) is 3.14. The van der Waals surface area contributed by atoms with Gasteiger partial charge in [0.2, 0.25) is 0 Å². The molecule has 1 saturated carbocycles. The van der Waals surface area contributed by atoms with Gasteiger partial charge in [0.05, 0.1) is 0 Å². The first-order valence-corrected chi connectivity index (χ1v) is 8.27. The maximum atomic E-state index is 5.94. The molecule has 0 atom stereocenters. The highest BCUT2D eigenvalue weighted by molar-refractivity contribution is 6.18. The molecule has 1 nitrogen and oxygen atoms in total. The summed E-state index contributed by atoms with van der Waals surface area (Å²) in [6, 6.07) is 11.6. The second kappa shape index (κ2) is 8.60. The Labute approximate surface area is 123 Å². The van der Waals surface area contributed by atoms with E-state index in [2.05, 4.69) is 35.2 Å². The number of unbranched alkanes of at least 4 members (excludes halogenated alkanes) is 1. The first-order valence-electron chi connectivity index (χ1n) is 7.74. The van der Waals surface area contributed by atoms with E-state index >= 15 is 0 Å². The predicted octanol–water partition coefficient (Wildman–Crippen LogP) is 4.49. The molecule has 0 N–H and O–H groups in total. The highest BCUT2D eigenvalue weighted by atomic mass is 35.5. The quantitative estimate of drug-likeness (QED) is 0.500. The van der Waals surface area contributed by atoms with Crippen molar-refractivity contribution in [1.82, 2.24) is 4.90 Å². The number of halogens is 1. The Hall–Kier alpha value is -0.530. The van der Waals surface area contributed by atoms with Gasteiger partial charge in [-0.25, -0.2) is 0 Å². The maximum absolute atomic E-state index is 5.94. The maximum Gasteiger partial charge on any atom is 0.0351 e. The van der Waals surface area contributed by atoms with Gasteiger partial charge in [0.1, 0.15) is 0 Å². The molecular weight excluding hydrogens is 254 g/mol. The summed E-state index contributed by atoms with van der Waals surface area (Å²) in [6.45, 7) is 2.29. The number of alkyl halides is 1. The Bertz CT molecular complexity index is 332. The van der Waals surface area contributed by atoms with Crippen LogP contribution in [0.5, 0.6) is 0 Å². The first kappa shape index (κ1) is 14.9. The zero-order chi connectivity index (χ0) is 13.3. The molecule has 0 bridgehead atoms. The minimum Gasteiger partial charge on any atom is -0.299 e. The van der Waals surface area contributed by atoms with Gasteiger partial charge < -0.3 is 0 Å². The molecule has 106 valence electrons. The summed E-state index contributed by atoms with van der Waals surface area (Å²) in [5.74, 6) is 0.773. The summed E-state index contributed by atoms with van der Waals surface area (Å²) in [5.41, 5.74) is 1.47. The van der Waals surface area contributed by atoms with E-state index in [1.807, 2.05) is 0 Å². The average molecular weight is 280 g/mol. The van der Waals surface area contributed by atoms with Gasteiger partial charge in [-0.15, -0.1) is 11.6 Å². The third-order valence-electron chi connectivity index (χ3n) is 4.22. The van der Waals surface area contributed by atoms with E-state index < -0.39 is 0 Å². The highest BCUT2D eigenvalue weighted by Gasteiger charge is 2.21. The van der Waals surface area contributed by atoms with Crippen LogP contribution in [0.4, 0.5) is 0 Å². The first-order chi connectivity index (χ1) is 9.40. The van der Waals surface area contributed by atoms with Gasteiger partial charge in [0, 0.05) is 18.5 Å². The molecule has 0 saturated heterocycles. The van der Waals surface area contributed by atoms with Crippen molar-refractivity contribution in [3.63, 3.8) is 0 Å². The third-order valence-corrected chi connectivity index (χ3v) is 4.39. The van der Waals surface area contributed by atoms with E-state index in [-0.39, 0.29) is 0 Å². The summed E-state index contributed by atoms with van der Waals surface area (Å²) in [6.07, 6.45) is 9.38. The zero-order valence-electron chi connectivity index (χ0n) is 11.9. The van der Waals surface area contributed by atoms with Gasteiger partial charge in [0.15, 0.2) is 0 Å². The van der Waals surface area contributed by atoms with Crippen molar-refractivity contribution in [3.05, 3.63) is 35.9 Å². The molecule has 0 unspecified atom stereocenters. The number of benzene rings is 1. The molecule has 2 heteroatoms. The molecule has 1 aliphatic carbocycles. The van der Waals surface area contributed by atoms with E-state index in [9.17, 15) is 0 Å². The predicted molar refractivity (Wildman–Crippen MR) is 83.9 cm³/mol. The van der Waals surface area contributed by atoms with E-state index in [0.29, 0.717) is 0 Å². The molecule has 2 rings (SSSR count). The molecular formula is C17H26ClN. The highest BCUT2D eigenvalue weighted by Crippen LogP contribution is 2.23. The topological polar surface area (TPSA) is 3.24 Å². The van der Waals surface area contributed by atoms with Crippen LogP contribution in [0.15, 0.2) is 30.3 Å². The molecule has 19 heavy (non-hydrogen) atoms.